The second-order valence-corrected chi connectivity index (χ2v) is 7.01. The fourth-order valence-electron chi connectivity index (χ4n) is 2.41. The topological polar surface area (TPSA) is 55.1 Å². The van der Waals surface area contributed by atoms with E-state index < -0.39 is 0 Å². The summed E-state index contributed by atoms with van der Waals surface area (Å²) in [4.78, 5) is 11.9. The Balaban J connectivity index is 1.72. The number of hydrogen-bond acceptors (Lipinski definition) is 3. The first kappa shape index (κ1) is 15.5. The van der Waals surface area contributed by atoms with Gasteiger partial charge in [0.25, 0.3) is 0 Å². The molecule has 3 nitrogen and oxygen atoms in total. The lowest BCUT2D eigenvalue weighted by Crippen LogP contribution is -2.15. The van der Waals surface area contributed by atoms with Gasteiger partial charge in [-0.2, -0.15) is 11.8 Å². The normalized spacial score (nSPS) is 16.1. The van der Waals surface area contributed by atoms with Crippen LogP contribution in [0, 0.1) is 0 Å². The van der Waals surface area contributed by atoms with Crippen molar-refractivity contribution in [3.63, 3.8) is 0 Å². The van der Waals surface area contributed by atoms with Crippen LogP contribution in [-0.2, 0) is 4.79 Å². The zero-order chi connectivity index (χ0) is 14.4. The zero-order valence-electron chi connectivity index (χ0n) is 11.5. The lowest BCUT2D eigenvalue weighted by atomic mass is 10.0. The molecule has 0 heterocycles. The molecule has 1 amide bonds. The monoisotopic (exact) mass is 312 g/mol. The highest BCUT2D eigenvalue weighted by atomic mass is 35.5. The third-order valence-electron chi connectivity index (χ3n) is 3.52. The second kappa shape index (κ2) is 7.79. The van der Waals surface area contributed by atoms with Crippen molar-refractivity contribution in [1.29, 1.82) is 0 Å². The third kappa shape index (κ3) is 4.91. The summed E-state index contributed by atoms with van der Waals surface area (Å²) in [7, 11) is 0. The molecule has 2 rings (SSSR count). The highest BCUT2D eigenvalue weighted by molar-refractivity contribution is 7.99. The number of carbonyl (C=O) groups is 1. The Hall–Kier alpha value is -0.870. The zero-order valence-corrected chi connectivity index (χ0v) is 13.1. The van der Waals surface area contributed by atoms with Gasteiger partial charge in [0.15, 0.2) is 0 Å². The van der Waals surface area contributed by atoms with Gasteiger partial charge in [0.05, 0.1) is 11.4 Å². The molecule has 1 aromatic rings. The summed E-state index contributed by atoms with van der Waals surface area (Å²) in [5.41, 5.74) is 6.96. The van der Waals surface area contributed by atoms with E-state index in [1.807, 2.05) is 11.8 Å². The van der Waals surface area contributed by atoms with Gasteiger partial charge in [0.1, 0.15) is 0 Å². The molecule has 1 saturated carbocycles. The predicted octanol–water partition coefficient (Wildman–Crippen LogP) is 4.32. The highest BCUT2D eigenvalue weighted by Gasteiger charge is 2.14. The SMILES string of the molecule is Nc1cc(Cl)ccc1NC(=O)CCSC1CCCCC1. The van der Waals surface area contributed by atoms with Gasteiger partial charge < -0.3 is 11.1 Å². The van der Waals surface area contributed by atoms with Crippen LogP contribution in [0.25, 0.3) is 0 Å². The van der Waals surface area contributed by atoms with Gasteiger partial charge >= 0.3 is 0 Å². The minimum Gasteiger partial charge on any atom is -0.397 e. The van der Waals surface area contributed by atoms with E-state index in [0.717, 1.165) is 11.0 Å². The lowest BCUT2D eigenvalue weighted by Gasteiger charge is -2.20. The van der Waals surface area contributed by atoms with Crippen molar-refractivity contribution in [1.82, 2.24) is 0 Å². The molecule has 20 heavy (non-hydrogen) atoms. The predicted molar refractivity (Wildman–Crippen MR) is 88.4 cm³/mol. The van der Waals surface area contributed by atoms with Gasteiger partial charge in [-0.1, -0.05) is 30.9 Å². The highest BCUT2D eigenvalue weighted by Crippen LogP contribution is 2.28. The van der Waals surface area contributed by atoms with Crippen molar-refractivity contribution in [3.05, 3.63) is 23.2 Å². The Morgan fingerprint density at radius 1 is 1.35 bits per heavy atom. The summed E-state index contributed by atoms with van der Waals surface area (Å²) >= 11 is 7.76. The summed E-state index contributed by atoms with van der Waals surface area (Å²) in [6.07, 6.45) is 7.18. The summed E-state index contributed by atoms with van der Waals surface area (Å²) in [5, 5.41) is 4.16. The van der Waals surface area contributed by atoms with Gasteiger partial charge in [-0.3, -0.25) is 4.79 Å². The second-order valence-electron chi connectivity index (χ2n) is 5.16. The Morgan fingerprint density at radius 2 is 2.10 bits per heavy atom. The number of nitrogens with two attached hydrogens (primary N) is 1. The number of halogens is 1. The number of nitrogen functional groups attached to an aromatic ring is 1. The average Bonchev–Trinajstić information content (AvgIpc) is 2.43. The first-order chi connectivity index (χ1) is 9.65. The fraction of sp³-hybridized carbons (Fsp3) is 0.533. The molecule has 0 spiro atoms. The molecule has 3 N–H and O–H groups in total. The summed E-state index contributed by atoms with van der Waals surface area (Å²) in [6.45, 7) is 0. The van der Waals surface area contributed by atoms with E-state index in [4.69, 9.17) is 17.3 Å². The Labute approximate surface area is 129 Å². The van der Waals surface area contributed by atoms with Gasteiger partial charge in [-0.15, -0.1) is 0 Å². The van der Waals surface area contributed by atoms with Crippen LogP contribution in [0.1, 0.15) is 38.5 Å². The van der Waals surface area contributed by atoms with Gasteiger partial charge in [0.2, 0.25) is 5.91 Å². The maximum Gasteiger partial charge on any atom is 0.225 e. The maximum atomic E-state index is 11.9. The number of hydrogen-bond donors (Lipinski definition) is 2. The molecule has 1 aliphatic carbocycles. The summed E-state index contributed by atoms with van der Waals surface area (Å²) in [6, 6.07) is 5.11. The van der Waals surface area contributed by atoms with E-state index in [9.17, 15) is 4.79 Å². The van der Waals surface area contributed by atoms with E-state index in [1.54, 1.807) is 18.2 Å². The van der Waals surface area contributed by atoms with E-state index >= 15 is 0 Å². The molecule has 0 radical (unpaired) electrons. The van der Waals surface area contributed by atoms with Crippen LogP contribution in [0.15, 0.2) is 18.2 Å². The first-order valence-electron chi connectivity index (χ1n) is 7.11. The number of amides is 1. The van der Waals surface area contributed by atoms with Gasteiger partial charge in [-0.25, -0.2) is 0 Å². The number of rotatable bonds is 5. The van der Waals surface area contributed by atoms with E-state index in [1.165, 1.54) is 32.1 Å². The van der Waals surface area contributed by atoms with Crippen LogP contribution in [0.5, 0.6) is 0 Å². The van der Waals surface area contributed by atoms with E-state index in [0.29, 0.717) is 22.8 Å². The van der Waals surface area contributed by atoms with Crippen LogP contribution in [0.4, 0.5) is 11.4 Å². The standard InChI is InChI=1S/C15H21ClN2OS/c16-11-6-7-14(13(17)10-11)18-15(19)8-9-20-12-4-2-1-3-5-12/h6-7,10,12H,1-5,8-9,17H2,(H,18,19). The van der Waals surface area contributed by atoms with Crippen molar-refractivity contribution in [2.75, 3.05) is 16.8 Å². The molecule has 0 aliphatic heterocycles. The lowest BCUT2D eigenvalue weighted by molar-refractivity contribution is -0.115. The maximum absolute atomic E-state index is 11.9. The molecule has 0 atom stereocenters. The molecule has 0 unspecified atom stereocenters. The number of carbonyl (C=O) groups excluding carboxylic acids is 1. The van der Waals surface area contributed by atoms with E-state index in [2.05, 4.69) is 5.32 Å². The fourth-order valence-corrected chi connectivity index (χ4v) is 3.89. The number of anilines is 2. The molecule has 5 heteroatoms. The molecule has 0 aromatic heterocycles. The summed E-state index contributed by atoms with van der Waals surface area (Å²) in [5.74, 6) is 0.895. The minimum absolute atomic E-state index is 0.0160. The average molecular weight is 313 g/mol. The third-order valence-corrected chi connectivity index (χ3v) is 5.14. The Kier molecular flexibility index (Phi) is 6.05. The van der Waals surface area contributed by atoms with Crippen LogP contribution < -0.4 is 11.1 Å². The number of nitrogens with one attached hydrogen (secondary N) is 1. The molecule has 0 saturated heterocycles. The van der Waals surface area contributed by atoms with E-state index in [-0.39, 0.29) is 5.91 Å². The molecule has 0 bridgehead atoms. The minimum atomic E-state index is 0.0160. The van der Waals surface area contributed by atoms with Crippen molar-refractivity contribution >= 4 is 40.6 Å². The summed E-state index contributed by atoms with van der Waals surface area (Å²) < 4.78 is 0. The first-order valence-corrected chi connectivity index (χ1v) is 8.54. The number of thioether (sulfide) groups is 1. The van der Waals surface area contributed by atoms with Crippen molar-refractivity contribution in [2.45, 2.75) is 43.8 Å². The Morgan fingerprint density at radius 3 is 2.80 bits per heavy atom. The molecule has 1 aliphatic rings. The van der Waals surface area contributed by atoms with Crippen LogP contribution in [0.3, 0.4) is 0 Å². The smallest absolute Gasteiger partial charge is 0.225 e. The molecular formula is C15H21ClN2OS. The molecule has 1 fully saturated rings. The number of benzene rings is 1. The molecular weight excluding hydrogens is 292 g/mol. The van der Waals surface area contributed by atoms with Gasteiger partial charge in [0, 0.05) is 22.4 Å². The van der Waals surface area contributed by atoms with Gasteiger partial charge in [-0.05, 0) is 31.0 Å². The van der Waals surface area contributed by atoms with Crippen molar-refractivity contribution in [2.24, 2.45) is 0 Å². The largest absolute Gasteiger partial charge is 0.397 e. The van der Waals surface area contributed by atoms with Crippen LogP contribution in [0.2, 0.25) is 5.02 Å². The molecule has 1 aromatic carbocycles. The Bertz CT molecular complexity index is 461. The van der Waals surface area contributed by atoms with Crippen LogP contribution in [-0.4, -0.2) is 16.9 Å². The quantitative estimate of drug-likeness (QED) is 0.796. The molecule has 110 valence electrons. The van der Waals surface area contributed by atoms with Crippen molar-refractivity contribution < 1.29 is 4.79 Å². The van der Waals surface area contributed by atoms with Crippen molar-refractivity contribution in [3.8, 4) is 0 Å². The van der Waals surface area contributed by atoms with Crippen LogP contribution >= 0.6 is 23.4 Å².